The molecule has 156 valence electrons. The molecule has 0 aromatic heterocycles. The lowest BCUT2D eigenvalue weighted by molar-refractivity contribution is -0.714. The van der Waals surface area contributed by atoms with Crippen LogP contribution in [0.2, 0.25) is 0 Å². The molecule has 4 saturated carbocycles. The van der Waals surface area contributed by atoms with E-state index in [0.717, 1.165) is 56.3 Å². The summed E-state index contributed by atoms with van der Waals surface area (Å²) in [6.07, 6.45) is 10.7. The van der Waals surface area contributed by atoms with Crippen molar-refractivity contribution in [2.45, 2.75) is 82.3 Å². The third-order valence-corrected chi connectivity index (χ3v) is 8.00. The van der Waals surface area contributed by atoms with E-state index >= 15 is 0 Å². The van der Waals surface area contributed by atoms with Gasteiger partial charge in [-0.25, -0.2) is 4.79 Å². The van der Waals surface area contributed by atoms with Crippen LogP contribution in [-0.2, 0) is 11.2 Å². The van der Waals surface area contributed by atoms with Gasteiger partial charge in [0.25, 0.3) is 5.91 Å². The number of benzene rings is 1. The smallest absolute Gasteiger partial charge is 0.322 e. The highest BCUT2D eigenvalue weighted by Gasteiger charge is 2.51. The number of quaternary nitrogens is 1. The number of fused-ring (bicyclic) bond motifs is 1. The van der Waals surface area contributed by atoms with Gasteiger partial charge in [-0.05, 0) is 81.6 Å². The molecule has 5 aliphatic rings. The predicted octanol–water partition coefficient (Wildman–Crippen LogP) is 2.81. The zero-order valence-electron chi connectivity index (χ0n) is 17.5. The van der Waals surface area contributed by atoms with Crippen molar-refractivity contribution >= 4 is 11.9 Å². The number of carbonyl (C=O) groups excluding carboxylic acids is 2. The summed E-state index contributed by atoms with van der Waals surface area (Å²) < 4.78 is 0. The minimum absolute atomic E-state index is 0.0611. The highest BCUT2D eigenvalue weighted by atomic mass is 16.2. The van der Waals surface area contributed by atoms with Gasteiger partial charge in [-0.1, -0.05) is 24.3 Å². The highest BCUT2D eigenvalue weighted by Crippen LogP contribution is 2.55. The Morgan fingerprint density at radius 1 is 1.07 bits per heavy atom. The summed E-state index contributed by atoms with van der Waals surface area (Å²) in [7, 11) is 0. The monoisotopic (exact) mass is 396 g/mol. The summed E-state index contributed by atoms with van der Waals surface area (Å²) in [5, 5.41) is 8.02. The number of carbonyl (C=O) groups is 2. The minimum Gasteiger partial charge on any atom is -0.332 e. The average molecular weight is 397 g/mol. The number of urea groups is 1. The summed E-state index contributed by atoms with van der Waals surface area (Å²) in [5.74, 6) is 2.14. The van der Waals surface area contributed by atoms with E-state index < -0.39 is 0 Å². The summed E-state index contributed by atoms with van der Waals surface area (Å²) in [6.45, 7) is 1.91. The Bertz CT molecular complexity index is 770. The Morgan fingerprint density at radius 2 is 1.72 bits per heavy atom. The standard InChI is InChI=1S/C24H33N3O2/c1-15(25-21-8-4-6-19-5-2-3-7-20(19)21)22(28)26-23(29)27-24-12-16-9-17(13-24)11-18(10-16)14-24/h2-3,5,7,15-18,21,25H,4,6,8-14H2,1H3,(H2,26,27,28,29)/p+1/t15-,16?,17?,18?,21-,24?/m1/s1. The number of rotatable bonds is 4. The predicted molar refractivity (Wildman–Crippen MR) is 111 cm³/mol. The Morgan fingerprint density at radius 3 is 2.41 bits per heavy atom. The molecular formula is C24H34N3O2+. The van der Waals surface area contributed by atoms with E-state index in [2.05, 4.69) is 40.2 Å². The first kappa shape index (κ1) is 19.1. The topological polar surface area (TPSA) is 74.8 Å². The summed E-state index contributed by atoms with van der Waals surface area (Å²) in [6, 6.07) is 8.27. The molecule has 0 spiro atoms. The van der Waals surface area contributed by atoms with Gasteiger partial charge in [0.1, 0.15) is 6.04 Å². The number of nitrogens with one attached hydrogen (secondary N) is 2. The molecule has 5 heteroatoms. The van der Waals surface area contributed by atoms with Crippen molar-refractivity contribution in [1.82, 2.24) is 10.6 Å². The van der Waals surface area contributed by atoms with Crippen molar-refractivity contribution in [1.29, 1.82) is 0 Å². The Labute approximate surface area is 173 Å². The van der Waals surface area contributed by atoms with Crippen LogP contribution in [0.1, 0.15) is 75.5 Å². The second kappa shape index (κ2) is 7.42. The average Bonchev–Trinajstić information content (AvgIpc) is 2.66. The fourth-order valence-electron chi connectivity index (χ4n) is 7.19. The SMILES string of the molecule is C[C@@H]([NH2+][C@@H]1CCCc2ccccc21)C(=O)NC(=O)NC12CC3CC(CC(C3)C1)C2. The van der Waals surface area contributed by atoms with Crippen molar-refractivity contribution < 1.29 is 14.9 Å². The van der Waals surface area contributed by atoms with Crippen molar-refractivity contribution in [3.8, 4) is 0 Å². The molecule has 0 heterocycles. The van der Waals surface area contributed by atoms with E-state index in [4.69, 9.17) is 0 Å². The van der Waals surface area contributed by atoms with Crippen LogP contribution in [0.5, 0.6) is 0 Å². The molecule has 1 aromatic carbocycles. The highest BCUT2D eigenvalue weighted by molar-refractivity contribution is 5.96. The summed E-state index contributed by atoms with van der Waals surface area (Å²) in [5.41, 5.74) is 2.68. The van der Waals surface area contributed by atoms with E-state index in [1.807, 2.05) is 6.92 Å². The lowest BCUT2D eigenvalue weighted by Crippen LogP contribution is -2.93. The largest absolute Gasteiger partial charge is 0.332 e. The lowest BCUT2D eigenvalue weighted by atomic mass is 9.53. The summed E-state index contributed by atoms with van der Waals surface area (Å²) >= 11 is 0. The van der Waals surface area contributed by atoms with E-state index in [1.54, 1.807) is 0 Å². The molecule has 4 N–H and O–H groups in total. The van der Waals surface area contributed by atoms with Gasteiger partial charge in [0.15, 0.2) is 6.04 Å². The molecule has 4 bridgehead atoms. The van der Waals surface area contributed by atoms with Gasteiger partial charge in [0, 0.05) is 17.5 Å². The zero-order chi connectivity index (χ0) is 20.0. The maximum Gasteiger partial charge on any atom is 0.322 e. The number of imide groups is 1. The molecule has 0 radical (unpaired) electrons. The molecule has 4 fully saturated rings. The van der Waals surface area contributed by atoms with Gasteiger partial charge in [0.2, 0.25) is 0 Å². The van der Waals surface area contributed by atoms with Crippen molar-refractivity contribution in [2.75, 3.05) is 0 Å². The van der Waals surface area contributed by atoms with Crippen LogP contribution in [0.3, 0.4) is 0 Å². The third-order valence-electron chi connectivity index (χ3n) is 8.00. The number of amides is 3. The van der Waals surface area contributed by atoms with E-state index in [0.29, 0.717) is 6.04 Å². The fraction of sp³-hybridized carbons (Fsp3) is 0.667. The van der Waals surface area contributed by atoms with Crippen LogP contribution < -0.4 is 16.0 Å². The summed E-state index contributed by atoms with van der Waals surface area (Å²) in [4.78, 5) is 25.4. The first-order valence-electron chi connectivity index (χ1n) is 11.6. The van der Waals surface area contributed by atoms with E-state index in [-0.39, 0.29) is 23.5 Å². The fourth-order valence-corrected chi connectivity index (χ4v) is 7.19. The number of hydrogen-bond donors (Lipinski definition) is 3. The van der Waals surface area contributed by atoms with E-state index in [1.165, 1.54) is 30.4 Å². The molecule has 6 rings (SSSR count). The van der Waals surface area contributed by atoms with Crippen LogP contribution in [0.4, 0.5) is 4.79 Å². The maximum atomic E-state index is 12.7. The maximum absolute atomic E-state index is 12.7. The zero-order valence-corrected chi connectivity index (χ0v) is 17.5. The van der Waals surface area contributed by atoms with Gasteiger partial charge in [-0.3, -0.25) is 10.1 Å². The van der Waals surface area contributed by atoms with Gasteiger partial charge < -0.3 is 10.6 Å². The van der Waals surface area contributed by atoms with Crippen molar-refractivity contribution in [2.24, 2.45) is 17.8 Å². The lowest BCUT2D eigenvalue weighted by Gasteiger charge is -2.56. The van der Waals surface area contributed by atoms with E-state index in [9.17, 15) is 9.59 Å². The Balaban J connectivity index is 1.17. The van der Waals surface area contributed by atoms with Gasteiger partial charge in [0.05, 0.1) is 0 Å². The van der Waals surface area contributed by atoms with Crippen LogP contribution in [-0.4, -0.2) is 23.5 Å². The third kappa shape index (κ3) is 3.81. The first-order valence-corrected chi connectivity index (χ1v) is 11.6. The van der Waals surface area contributed by atoms with Crippen LogP contribution in [0, 0.1) is 17.8 Å². The number of aryl methyl sites for hydroxylation is 1. The van der Waals surface area contributed by atoms with Gasteiger partial charge in [-0.2, -0.15) is 0 Å². The molecular weight excluding hydrogens is 362 g/mol. The first-order chi connectivity index (χ1) is 14.0. The second-order valence-electron chi connectivity index (χ2n) is 10.3. The Hall–Kier alpha value is -1.88. The minimum atomic E-state index is -0.291. The number of hydrogen-bond acceptors (Lipinski definition) is 2. The molecule has 5 aliphatic carbocycles. The van der Waals surface area contributed by atoms with Crippen LogP contribution >= 0.6 is 0 Å². The molecule has 3 amide bonds. The van der Waals surface area contributed by atoms with Crippen LogP contribution in [0.15, 0.2) is 24.3 Å². The normalized spacial score (nSPS) is 35.6. The molecule has 0 aliphatic heterocycles. The molecule has 0 saturated heterocycles. The van der Waals surface area contributed by atoms with Gasteiger partial charge >= 0.3 is 6.03 Å². The Kier molecular flexibility index (Phi) is 4.89. The molecule has 0 unspecified atom stereocenters. The van der Waals surface area contributed by atoms with Crippen LogP contribution in [0.25, 0.3) is 0 Å². The van der Waals surface area contributed by atoms with Crippen molar-refractivity contribution in [3.63, 3.8) is 0 Å². The molecule has 1 aromatic rings. The molecule has 5 nitrogen and oxygen atoms in total. The van der Waals surface area contributed by atoms with Crippen molar-refractivity contribution in [3.05, 3.63) is 35.4 Å². The molecule has 2 atom stereocenters. The van der Waals surface area contributed by atoms with Gasteiger partial charge in [-0.15, -0.1) is 0 Å². The second-order valence-corrected chi connectivity index (χ2v) is 10.3. The molecule has 29 heavy (non-hydrogen) atoms. The number of nitrogens with two attached hydrogens (primary N) is 1. The quantitative estimate of drug-likeness (QED) is 0.732.